The highest BCUT2D eigenvalue weighted by atomic mass is 16.4. The first-order valence-electron chi connectivity index (χ1n) is 7.78. The number of rotatable bonds is 10. The van der Waals surface area contributed by atoms with E-state index in [0.717, 1.165) is 51.9 Å². The Balaban J connectivity index is 2.29. The molecule has 0 saturated carbocycles. The van der Waals surface area contributed by atoms with Crippen molar-refractivity contribution in [2.45, 2.75) is 46.0 Å². The Labute approximate surface area is 121 Å². The molecule has 0 aliphatic carbocycles. The van der Waals surface area contributed by atoms with Gasteiger partial charge in [-0.1, -0.05) is 26.7 Å². The zero-order chi connectivity index (χ0) is 15.0. The van der Waals surface area contributed by atoms with E-state index in [1.54, 1.807) is 0 Å². The van der Waals surface area contributed by atoms with Crippen LogP contribution in [0.5, 0.6) is 0 Å². The Morgan fingerprint density at radius 2 is 1.70 bits per heavy atom. The molecule has 1 N–H and O–H groups in total. The minimum atomic E-state index is -0.742. The number of nitrogens with zero attached hydrogens (tertiary/aromatic N) is 2. The minimum absolute atomic E-state index is 0.195. The highest BCUT2D eigenvalue weighted by Gasteiger charge is 2.30. The van der Waals surface area contributed by atoms with Gasteiger partial charge in [0.25, 0.3) is 0 Å². The smallest absolute Gasteiger partial charge is 0.303 e. The number of carbonyl (C=O) groups is 2. The van der Waals surface area contributed by atoms with Crippen molar-refractivity contribution in [1.82, 2.24) is 9.80 Å². The maximum Gasteiger partial charge on any atom is 0.303 e. The zero-order valence-electron chi connectivity index (χ0n) is 12.8. The van der Waals surface area contributed by atoms with Gasteiger partial charge in [0, 0.05) is 26.2 Å². The Hall–Kier alpha value is -1.10. The molecule has 0 aromatic rings. The van der Waals surface area contributed by atoms with E-state index in [0.29, 0.717) is 6.54 Å². The van der Waals surface area contributed by atoms with Gasteiger partial charge < -0.3 is 10.0 Å². The summed E-state index contributed by atoms with van der Waals surface area (Å²) in [6, 6.07) is 0. The monoisotopic (exact) mass is 284 g/mol. The van der Waals surface area contributed by atoms with Crippen LogP contribution in [-0.2, 0) is 9.59 Å². The average molecular weight is 284 g/mol. The summed E-state index contributed by atoms with van der Waals surface area (Å²) in [5.74, 6) is -0.325. The van der Waals surface area contributed by atoms with Gasteiger partial charge in [-0.2, -0.15) is 0 Å². The third-order valence-electron chi connectivity index (χ3n) is 3.77. The van der Waals surface area contributed by atoms with Crippen LogP contribution in [0.3, 0.4) is 0 Å². The highest BCUT2D eigenvalue weighted by molar-refractivity contribution is 5.78. The molecule has 0 spiro atoms. The first-order valence-corrected chi connectivity index (χ1v) is 7.78. The van der Waals surface area contributed by atoms with Crippen LogP contribution in [0.2, 0.25) is 0 Å². The molecule has 0 atom stereocenters. The van der Waals surface area contributed by atoms with E-state index in [1.165, 1.54) is 0 Å². The van der Waals surface area contributed by atoms with Crippen LogP contribution in [0, 0.1) is 5.92 Å². The molecule has 1 heterocycles. The SMILES string of the molecule is CCCCN(CCCC)C(=O)CN1CC(CC(=O)O)C1. The first-order chi connectivity index (χ1) is 9.56. The van der Waals surface area contributed by atoms with Crippen molar-refractivity contribution in [3.05, 3.63) is 0 Å². The third-order valence-corrected chi connectivity index (χ3v) is 3.77. The van der Waals surface area contributed by atoms with E-state index >= 15 is 0 Å². The van der Waals surface area contributed by atoms with Crippen LogP contribution in [0.25, 0.3) is 0 Å². The van der Waals surface area contributed by atoms with Crippen molar-refractivity contribution in [2.24, 2.45) is 5.92 Å². The molecule has 0 unspecified atom stereocenters. The number of hydrogen-bond acceptors (Lipinski definition) is 3. The lowest BCUT2D eigenvalue weighted by Crippen LogP contribution is -2.52. The molecule has 1 amide bonds. The van der Waals surface area contributed by atoms with Crippen molar-refractivity contribution in [1.29, 1.82) is 0 Å². The fourth-order valence-electron chi connectivity index (χ4n) is 2.53. The van der Waals surface area contributed by atoms with Crippen molar-refractivity contribution in [3.8, 4) is 0 Å². The van der Waals surface area contributed by atoms with Crippen LogP contribution in [0.1, 0.15) is 46.0 Å². The number of likely N-dealkylation sites (tertiary alicyclic amines) is 1. The number of amides is 1. The molecule has 1 aliphatic heterocycles. The van der Waals surface area contributed by atoms with Gasteiger partial charge in [0.15, 0.2) is 0 Å². The molecule has 0 aromatic heterocycles. The van der Waals surface area contributed by atoms with Gasteiger partial charge in [0.2, 0.25) is 5.91 Å². The van der Waals surface area contributed by atoms with Crippen LogP contribution in [0.4, 0.5) is 0 Å². The molecule has 5 heteroatoms. The molecule has 0 bridgehead atoms. The van der Waals surface area contributed by atoms with Gasteiger partial charge in [-0.25, -0.2) is 0 Å². The van der Waals surface area contributed by atoms with Gasteiger partial charge in [-0.3, -0.25) is 14.5 Å². The molecule has 5 nitrogen and oxygen atoms in total. The standard InChI is InChI=1S/C15H28N2O3/c1-3-5-7-17(8-6-4-2)14(18)12-16-10-13(11-16)9-15(19)20/h13H,3-12H2,1-2H3,(H,19,20). The maximum absolute atomic E-state index is 12.3. The van der Waals surface area contributed by atoms with Crippen molar-refractivity contribution >= 4 is 11.9 Å². The summed E-state index contributed by atoms with van der Waals surface area (Å²) in [6.45, 7) is 7.90. The number of carbonyl (C=O) groups excluding carboxylic acids is 1. The normalized spacial score (nSPS) is 15.9. The number of hydrogen-bond donors (Lipinski definition) is 1. The molecule has 116 valence electrons. The summed E-state index contributed by atoms with van der Waals surface area (Å²) in [5.41, 5.74) is 0. The fourth-order valence-corrected chi connectivity index (χ4v) is 2.53. The molecule has 1 rings (SSSR count). The van der Waals surface area contributed by atoms with Crippen LogP contribution in [0.15, 0.2) is 0 Å². The summed E-state index contributed by atoms with van der Waals surface area (Å²) >= 11 is 0. The summed E-state index contributed by atoms with van der Waals surface area (Å²) in [4.78, 5) is 26.9. The van der Waals surface area contributed by atoms with E-state index in [-0.39, 0.29) is 18.2 Å². The van der Waals surface area contributed by atoms with Gasteiger partial charge in [0.05, 0.1) is 13.0 Å². The van der Waals surface area contributed by atoms with E-state index in [1.807, 2.05) is 4.90 Å². The summed E-state index contributed by atoms with van der Waals surface area (Å²) in [7, 11) is 0. The second-order valence-electron chi connectivity index (χ2n) is 5.75. The maximum atomic E-state index is 12.3. The lowest BCUT2D eigenvalue weighted by atomic mass is 9.96. The summed E-state index contributed by atoms with van der Waals surface area (Å²) in [5, 5.41) is 8.71. The van der Waals surface area contributed by atoms with E-state index in [9.17, 15) is 9.59 Å². The highest BCUT2D eigenvalue weighted by Crippen LogP contribution is 2.18. The van der Waals surface area contributed by atoms with E-state index in [4.69, 9.17) is 5.11 Å². The number of carboxylic acids is 1. The third kappa shape index (κ3) is 5.90. The second kappa shape index (κ2) is 8.95. The molecule has 0 aromatic carbocycles. The van der Waals surface area contributed by atoms with Gasteiger partial charge >= 0.3 is 5.97 Å². The first kappa shape index (κ1) is 17.0. The Bertz CT molecular complexity index is 306. The second-order valence-corrected chi connectivity index (χ2v) is 5.75. The molecule has 1 saturated heterocycles. The molecular formula is C15H28N2O3. The molecule has 20 heavy (non-hydrogen) atoms. The average Bonchev–Trinajstić information content (AvgIpc) is 2.35. The Morgan fingerprint density at radius 1 is 1.15 bits per heavy atom. The van der Waals surface area contributed by atoms with Gasteiger partial charge in [-0.15, -0.1) is 0 Å². The topological polar surface area (TPSA) is 60.9 Å². The predicted octanol–water partition coefficient (Wildman–Crippen LogP) is 1.82. The number of aliphatic carboxylic acids is 1. The van der Waals surface area contributed by atoms with Crippen molar-refractivity contribution in [2.75, 3.05) is 32.7 Å². The van der Waals surface area contributed by atoms with Crippen LogP contribution in [-0.4, -0.2) is 59.5 Å². The molecule has 1 fully saturated rings. The van der Waals surface area contributed by atoms with Crippen molar-refractivity contribution in [3.63, 3.8) is 0 Å². The lowest BCUT2D eigenvalue weighted by Gasteiger charge is -2.39. The number of carboxylic acid groups (broad SMARTS) is 1. The van der Waals surface area contributed by atoms with Gasteiger partial charge in [0.1, 0.15) is 0 Å². The fraction of sp³-hybridized carbons (Fsp3) is 0.867. The summed E-state index contributed by atoms with van der Waals surface area (Å²) in [6.07, 6.45) is 4.52. The quantitative estimate of drug-likeness (QED) is 0.665. The van der Waals surface area contributed by atoms with E-state index in [2.05, 4.69) is 18.7 Å². The molecular weight excluding hydrogens is 256 g/mol. The summed E-state index contributed by atoms with van der Waals surface area (Å²) < 4.78 is 0. The predicted molar refractivity (Wildman–Crippen MR) is 78.6 cm³/mol. The van der Waals surface area contributed by atoms with Crippen molar-refractivity contribution < 1.29 is 14.7 Å². The molecule has 0 radical (unpaired) electrons. The van der Waals surface area contributed by atoms with Gasteiger partial charge in [-0.05, 0) is 18.8 Å². The Kier molecular flexibility index (Phi) is 7.59. The van der Waals surface area contributed by atoms with Crippen LogP contribution < -0.4 is 0 Å². The Morgan fingerprint density at radius 3 is 2.15 bits per heavy atom. The minimum Gasteiger partial charge on any atom is -0.481 e. The largest absolute Gasteiger partial charge is 0.481 e. The zero-order valence-corrected chi connectivity index (χ0v) is 12.8. The van der Waals surface area contributed by atoms with E-state index < -0.39 is 5.97 Å². The lowest BCUT2D eigenvalue weighted by molar-refractivity contribution is -0.140. The number of unbranched alkanes of at least 4 members (excludes halogenated alkanes) is 2. The van der Waals surface area contributed by atoms with Crippen LogP contribution >= 0.6 is 0 Å². The molecule has 1 aliphatic rings.